The van der Waals surface area contributed by atoms with Gasteiger partial charge in [0.05, 0.1) is 13.0 Å². The predicted molar refractivity (Wildman–Crippen MR) is 91.0 cm³/mol. The van der Waals surface area contributed by atoms with Crippen molar-refractivity contribution < 1.29 is 14.3 Å². The van der Waals surface area contributed by atoms with E-state index in [9.17, 15) is 9.59 Å². The van der Waals surface area contributed by atoms with E-state index in [-0.39, 0.29) is 34.7 Å². The van der Waals surface area contributed by atoms with Crippen LogP contribution in [0.25, 0.3) is 0 Å². The number of rotatable bonds is 1. The molecule has 3 fully saturated rings. The van der Waals surface area contributed by atoms with Crippen LogP contribution in [0.15, 0.2) is 11.6 Å². The third-order valence-corrected chi connectivity index (χ3v) is 8.01. The molecule has 0 bridgehead atoms. The molecule has 4 rings (SSSR count). The first kappa shape index (κ1) is 16.2. The maximum atomic E-state index is 12.3. The average Bonchev–Trinajstić information content (AvgIpc) is 2.92. The number of hydrogen-bond acceptors (Lipinski definition) is 3. The quantitative estimate of drug-likeness (QED) is 0.593. The first-order valence-electron chi connectivity index (χ1n) is 9.47. The molecule has 0 aromatic rings. The molecule has 4 nitrogen and oxygen atoms in total. The van der Waals surface area contributed by atoms with Crippen LogP contribution in [0.4, 0.5) is 0 Å². The smallest absolute Gasteiger partial charge is 0.309 e. The van der Waals surface area contributed by atoms with Crippen LogP contribution in [-0.4, -0.2) is 25.0 Å². The lowest BCUT2D eigenvalue weighted by molar-refractivity contribution is -0.150. The summed E-state index contributed by atoms with van der Waals surface area (Å²) in [6.45, 7) is 4.69. The van der Waals surface area contributed by atoms with E-state index in [1.54, 1.807) is 5.57 Å². The van der Waals surface area contributed by atoms with E-state index in [0.29, 0.717) is 18.3 Å². The van der Waals surface area contributed by atoms with Gasteiger partial charge in [-0.3, -0.25) is 9.59 Å². The highest BCUT2D eigenvalue weighted by Crippen LogP contribution is 2.64. The minimum atomic E-state index is -0.0242. The molecule has 1 saturated heterocycles. The lowest BCUT2D eigenvalue weighted by Crippen LogP contribution is -2.58. The van der Waals surface area contributed by atoms with E-state index >= 15 is 0 Å². The molecule has 1 N–H and O–H groups in total. The highest BCUT2D eigenvalue weighted by Gasteiger charge is 2.59. The van der Waals surface area contributed by atoms with Gasteiger partial charge in [0.1, 0.15) is 0 Å². The zero-order chi connectivity index (χ0) is 17.1. The van der Waals surface area contributed by atoms with Gasteiger partial charge in [0, 0.05) is 12.5 Å². The van der Waals surface area contributed by atoms with Gasteiger partial charge in [0.15, 0.2) is 0 Å². The Bertz CT molecular complexity index is 612. The molecule has 2 unspecified atom stereocenters. The summed E-state index contributed by atoms with van der Waals surface area (Å²) in [5.41, 5.74) is 1.82. The van der Waals surface area contributed by atoms with Crippen molar-refractivity contribution in [2.45, 2.75) is 64.8 Å². The number of carbonyl (C=O) groups excluding carboxylic acids is 2. The van der Waals surface area contributed by atoms with Crippen molar-refractivity contribution in [1.29, 1.82) is 0 Å². The summed E-state index contributed by atoms with van der Waals surface area (Å²) in [7, 11) is 1.51. The number of allylic oxidation sites excluding steroid dienone is 1. The van der Waals surface area contributed by atoms with Gasteiger partial charge in [0.2, 0.25) is 5.91 Å². The number of methoxy groups -OCH3 is 1. The highest BCUT2D eigenvalue weighted by molar-refractivity contribution is 5.77. The van der Waals surface area contributed by atoms with Gasteiger partial charge >= 0.3 is 5.97 Å². The monoisotopic (exact) mass is 331 g/mol. The number of ether oxygens (including phenoxy) is 1. The summed E-state index contributed by atoms with van der Waals surface area (Å²) >= 11 is 0. The topological polar surface area (TPSA) is 55.4 Å². The Hall–Kier alpha value is -1.32. The molecule has 0 radical (unpaired) electrons. The zero-order valence-corrected chi connectivity index (χ0v) is 15.1. The van der Waals surface area contributed by atoms with E-state index in [1.165, 1.54) is 7.11 Å². The van der Waals surface area contributed by atoms with E-state index in [2.05, 4.69) is 25.2 Å². The van der Waals surface area contributed by atoms with Crippen molar-refractivity contribution in [2.24, 2.45) is 28.6 Å². The Morgan fingerprint density at radius 1 is 1.17 bits per heavy atom. The van der Waals surface area contributed by atoms with Crippen molar-refractivity contribution in [3.05, 3.63) is 11.6 Å². The molecule has 6 atom stereocenters. The second kappa shape index (κ2) is 5.34. The molecule has 1 aliphatic heterocycles. The van der Waals surface area contributed by atoms with Gasteiger partial charge in [0.25, 0.3) is 0 Å². The Kier molecular flexibility index (Phi) is 3.59. The van der Waals surface area contributed by atoms with Crippen LogP contribution >= 0.6 is 0 Å². The van der Waals surface area contributed by atoms with Crippen LogP contribution in [0.3, 0.4) is 0 Å². The predicted octanol–water partition coefficient (Wildman–Crippen LogP) is 3.22. The molecule has 0 spiro atoms. The summed E-state index contributed by atoms with van der Waals surface area (Å²) in [5, 5.41) is 3.24. The van der Waals surface area contributed by atoms with Crippen LogP contribution in [0.2, 0.25) is 0 Å². The molecular formula is C20H29NO3. The molecule has 3 aliphatic carbocycles. The number of carbonyl (C=O) groups is 2. The largest absolute Gasteiger partial charge is 0.469 e. The van der Waals surface area contributed by atoms with E-state index in [0.717, 1.165) is 38.5 Å². The van der Waals surface area contributed by atoms with Crippen LogP contribution in [0.1, 0.15) is 58.8 Å². The lowest BCUT2D eigenvalue weighted by atomic mass is 9.50. The SMILES string of the molecule is COC(=O)C1CC[C@H]2C3=CCC4NC(=O)CC[C@]4(C)[C@@H]3CC[C@]12C. The molecule has 2 saturated carbocycles. The van der Waals surface area contributed by atoms with Crippen molar-refractivity contribution in [3.8, 4) is 0 Å². The van der Waals surface area contributed by atoms with Gasteiger partial charge < -0.3 is 10.1 Å². The summed E-state index contributed by atoms with van der Waals surface area (Å²) in [5.74, 6) is 1.30. The van der Waals surface area contributed by atoms with Gasteiger partial charge in [-0.05, 0) is 61.2 Å². The fourth-order valence-electron chi connectivity index (χ4n) is 6.51. The summed E-state index contributed by atoms with van der Waals surface area (Å²) in [4.78, 5) is 24.1. The van der Waals surface area contributed by atoms with Crippen LogP contribution in [-0.2, 0) is 14.3 Å². The third-order valence-electron chi connectivity index (χ3n) is 8.01. The van der Waals surface area contributed by atoms with Crippen molar-refractivity contribution in [1.82, 2.24) is 5.32 Å². The molecule has 4 heteroatoms. The molecule has 24 heavy (non-hydrogen) atoms. The summed E-state index contributed by atoms with van der Waals surface area (Å²) < 4.78 is 5.10. The lowest BCUT2D eigenvalue weighted by Gasteiger charge is -2.56. The number of amides is 1. The molecule has 0 aromatic carbocycles. The number of fused-ring (bicyclic) bond motifs is 5. The standard InChI is InChI=1S/C20H29NO3/c1-19-10-8-14-12(13(19)5-6-15(19)18(23)24-3)4-7-16-20(14,2)11-9-17(22)21-16/h4,13-16H,5-11H2,1-3H3,(H,21,22)/t13-,14+,15?,16?,19-,20+/m0/s1. The first-order chi connectivity index (χ1) is 11.4. The maximum Gasteiger partial charge on any atom is 0.309 e. The Morgan fingerprint density at radius 3 is 2.67 bits per heavy atom. The van der Waals surface area contributed by atoms with Crippen molar-refractivity contribution in [2.75, 3.05) is 7.11 Å². The molecule has 0 aromatic heterocycles. The van der Waals surface area contributed by atoms with Crippen molar-refractivity contribution in [3.63, 3.8) is 0 Å². The summed E-state index contributed by atoms with van der Waals surface area (Å²) in [6.07, 6.45) is 9.29. The fourth-order valence-corrected chi connectivity index (χ4v) is 6.51. The molecular weight excluding hydrogens is 302 g/mol. The van der Waals surface area contributed by atoms with Crippen LogP contribution in [0.5, 0.6) is 0 Å². The third kappa shape index (κ3) is 2.04. The Balaban J connectivity index is 1.66. The van der Waals surface area contributed by atoms with Crippen LogP contribution in [0, 0.1) is 28.6 Å². The van der Waals surface area contributed by atoms with Gasteiger partial charge in [-0.2, -0.15) is 0 Å². The first-order valence-corrected chi connectivity index (χ1v) is 9.47. The minimum absolute atomic E-state index is 0.0242. The Labute approximate surface area is 144 Å². The van der Waals surface area contributed by atoms with E-state index < -0.39 is 0 Å². The number of piperidine rings is 1. The minimum Gasteiger partial charge on any atom is -0.469 e. The Morgan fingerprint density at radius 2 is 1.92 bits per heavy atom. The number of esters is 1. The van der Waals surface area contributed by atoms with E-state index in [4.69, 9.17) is 4.74 Å². The number of hydrogen-bond donors (Lipinski definition) is 1. The molecule has 1 amide bonds. The maximum absolute atomic E-state index is 12.3. The second-order valence-corrected chi connectivity index (χ2v) is 8.87. The van der Waals surface area contributed by atoms with Gasteiger partial charge in [-0.1, -0.05) is 25.5 Å². The van der Waals surface area contributed by atoms with Crippen LogP contribution < -0.4 is 5.32 Å². The summed E-state index contributed by atoms with van der Waals surface area (Å²) in [6, 6.07) is 0.287. The molecule has 132 valence electrons. The van der Waals surface area contributed by atoms with E-state index in [1.807, 2.05) is 0 Å². The second-order valence-electron chi connectivity index (χ2n) is 8.87. The molecule has 1 heterocycles. The number of nitrogens with one attached hydrogen (secondary N) is 1. The van der Waals surface area contributed by atoms with Crippen molar-refractivity contribution >= 4 is 11.9 Å². The average molecular weight is 331 g/mol. The van der Waals surface area contributed by atoms with Gasteiger partial charge in [-0.15, -0.1) is 0 Å². The van der Waals surface area contributed by atoms with Gasteiger partial charge in [-0.25, -0.2) is 0 Å². The highest BCUT2D eigenvalue weighted by atomic mass is 16.5. The molecule has 4 aliphatic rings. The fraction of sp³-hybridized carbons (Fsp3) is 0.800. The zero-order valence-electron chi connectivity index (χ0n) is 15.1. The normalized spacial score (nSPS) is 47.0.